The minimum Gasteiger partial charge on any atom is -0.452 e. The van der Waals surface area contributed by atoms with E-state index in [2.05, 4.69) is 14.8 Å². The molecule has 4 heterocycles. The molecule has 6 aromatic rings. The number of carbonyl (C=O) groups is 1. The summed E-state index contributed by atoms with van der Waals surface area (Å²) in [6.07, 6.45) is 5.11. The van der Waals surface area contributed by atoms with Gasteiger partial charge in [0.25, 0.3) is 0 Å². The number of hydrogen-bond donors (Lipinski definition) is 1. The van der Waals surface area contributed by atoms with Gasteiger partial charge in [0.05, 0.1) is 18.1 Å². The van der Waals surface area contributed by atoms with Crippen LogP contribution in [0, 0.1) is 11.6 Å². The van der Waals surface area contributed by atoms with Crippen molar-refractivity contribution in [2.45, 2.75) is 19.9 Å². The van der Waals surface area contributed by atoms with Gasteiger partial charge in [-0.3, -0.25) is 14.7 Å². The first-order chi connectivity index (χ1) is 21.2. The van der Waals surface area contributed by atoms with Crippen LogP contribution in [0.1, 0.15) is 19.9 Å². The number of halogens is 2. The number of pyridine rings is 1. The highest BCUT2D eigenvalue weighted by atomic mass is 32.1. The van der Waals surface area contributed by atoms with Crippen molar-refractivity contribution in [2.24, 2.45) is 0 Å². The van der Waals surface area contributed by atoms with Crippen molar-refractivity contribution in [3.05, 3.63) is 117 Å². The Bertz CT molecular complexity index is 2120. The van der Waals surface area contributed by atoms with Gasteiger partial charge in [0, 0.05) is 46.7 Å². The number of carbonyl (C=O) groups excluding carboxylic acids is 1. The summed E-state index contributed by atoms with van der Waals surface area (Å²) in [5, 5.41) is 8.49. The van der Waals surface area contributed by atoms with Crippen LogP contribution in [-0.2, 0) is 0 Å². The van der Waals surface area contributed by atoms with Crippen molar-refractivity contribution in [1.82, 2.24) is 23.1 Å². The van der Waals surface area contributed by atoms with Gasteiger partial charge in [-0.05, 0) is 73.9 Å². The van der Waals surface area contributed by atoms with Crippen LogP contribution < -0.4 is 26.0 Å². The van der Waals surface area contributed by atoms with Crippen molar-refractivity contribution in [3.63, 3.8) is 0 Å². The van der Waals surface area contributed by atoms with E-state index in [9.17, 15) is 18.8 Å². The maximum absolute atomic E-state index is 15.2. The zero-order valence-corrected chi connectivity index (χ0v) is 23.9. The summed E-state index contributed by atoms with van der Waals surface area (Å²) in [7, 11) is 0. The topological polar surface area (TPSA) is 122 Å². The summed E-state index contributed by atoms with van der Waals surface area (Å²) in [6.45, 7) is 3.40. The van der Waals surface area contributed by atoms with Crippen molar-refractivity contribution in [3.8, 4) is 34.1 Å². The number of benzene rings is 2. The monoisotopic (exact) mass is 616 g/mol. The highest BCUT2D eigenvalue weighted by Gasteiger charge is 2.19. The first kappa shape index (κ1) is 28.5. The third kappa shape index (κ3) is 5.57. The quantitative estimate of drug-likeness (QED) is 0.232. The lowest BCUT2D eigenvalue weighted by molar-refractivity contribution is 0.213. The van der Waals surface area contributed by atoms with Crippen LogP contribution in [0.2, 0.25) is 0 Å². The average molecular weight is 617 g/mol. The number of hydrogen-bond acceptors (Lipinski definition) is 8. The van der Waals surface area contributed by atoms with E-state index in [1.54, 1.807) is 42.9 Å². The largest absolute Gasteiger partial charge is 0.452 e. The van der Waals surface area contributed by atoms with E-state index in [1.807, 2.05) is 11.6 Å². The molecular weight excluding hydrogens is 594 g/mol. The van der Waals surface area contributed by atoms with Gasteiger partial charge in [-0.2, -0.15) is 5.10 Å². The minimum atomic E-state index is -1.10. The summed E-state index contributed by atoms with van der Waals surface area (Å²) in [5.41, 5.74) is 0.699. The summed E-state index contributed by atoms with van der Waals surface area (Å²) in [5.74, 6) is -1.57. The summed E-state index contributed by atoms with van der Waals surface area (Å²) in [4.78, 5) is 38.9. The second-order valence-electron chi connectivity index (χ2n) is 9.82. The van der Waals surface area contributed by atoms with Crippen LogP contribution in [0.3, 0.4) is 0 Å². The van der Waals surface area contributed by atoms with E-state index < -0.39 is 40.8 Å². The van der Waals surface area contributed by atoms with Crippen LogP contribution in [0.25, 0.3) is 22.3 Å². The molecule has 0 unspecified atom stereocenters. The SMILES string of the molecule is CC(C)n1cc(OC(=O)Nc2ccc(Oc3cc(-c4cnsc4)cn4nccc34)c(F)c2)c(=O)n(-c2ccc(F)cc2)c1=O. The highest BCUT2D eigenvalue weighted by molar-refractivity contribution is 7.03. The van der Waals surface area contributed by atoms with Gasteiger partial charge in [-0.15, -0.1) is 0 Å². The average Bonchev–Trinajstić information content (AvgIpc) is 3.70. The lowest BCUT2D eigenvalue weighted by atomic mass is 10.1. The molecule has 0 aliphatic rings. The Morgan fingerprint density at radius 3 is 2.45 bits per heavy atom. The van der Waals surface area contributed by atoms with E-state index >= 15 is 4.39 Å². The van der Waals surface area contributed by atoms with Crippen LogP contribution in [-0.4, -0.2) is 29.2 Å². The fourth-order valence-corrected chi connectivity index (χ4v) is 4.96. The Labute approximate surface area is 251 Å². The van der Waals surface area contributed by atoms with E-state index in [0.717, 1.165) is 40.1 Å². The number of rotatable bonds is 7. The number of nitrogens with zero attached hydrogens (tertiary/aromatic N) is 5. The molecule has 1 N–H and O–H groups in total. The van der Waals surface area contributed by atoms with E-state index in [1.165, 1.54) is 40.4 Å². The molecule has 14 heteroatoms. The Kier molecular flexibility index (Phi) is 7.49. The summed E-state index contributed by atoms with van der Waals surface area (Å²) < 4.78 is 47.5. The molecule has 0 spiro atoms. The number of anilines is 1. The lowest BCUT2D eigenvalue weighted by Gasteiger charge is -2.16. The number of aromatic nitrogens is 5. The lowest BCUT2D eigenvalue weighted by Crippen LogP contribution is -2.40. The van der Waals surface area contributed by atoms with Crippen LogP contribution in [0.5, 0.6) is 17.2 Å². The van der Waals surface area contributed by atoms with Crippen LogP contribution >= 0.6 is 11.5 Å². The molecule has 1 amide bonds. The maximum atomic E-state index is 15.2. The number of amides is 1. The van der Waals surface area contributed by atoms with Crippen LogP contribution in [0.4, 0.5) is 19.3 Å². The van der Waals surface area contributed by atoms with Gasteiger partial charge in [-0.1, -0.05) is 0 Å². The second-order valence-corrected chi connectivity index (χ2v) is 10.5. The van der Waals surface area contributed by atoms with Gasteiger partial charge < -0.3 is 9.47 Å². The Balaban J connectivity index is 1.24. The second kappa shape index (κ2) is 11.6. The van der Waals surface area contributed by atoms with Crippen molar-refractivity contribution < 1.29 is 23.0 Å². The molecule has 0 aliphatic heterocycles. The summed E-state index contributed by atoms with van der Waals surface area (Å²) >= 11 is 1.29. The number of ether oxygens (including phenoxy) is 2. The van der Waals surface area contributed by atoms with Gasteiger partial charge in [-0.25, -0.2) is 31.8 Å². The third-order valence-electron chi connectivity index (χ3n) is 6.56. The molecule has 11 nitrogen and oxygen atoms in total. The Morgan fingerprint density at radius 2 is 1.75 bits per heavy atom. The smallest absolute Gasteiger partial charge is 0.417 e. The Hall–Kier alpha value is -5.63. The predicted molar refractivity (Wildman–Crippen MR) is 159 cm³/mol. The minimum absolute atomic E-state index is 0.0171. The predicted octanol–water partition coefficient (Wildman–Crippen LogP) is 6.03. The highest BCUT2D eigenvalue weighted by Crippen LogP contribution is 2.33. The Morgan fingerprint density at radius 1 is 0.955 bits per heavy atom. The first-order valence-corrected chi connectivity index (χ1v) is 14.0. The molecule has 222 valence electrons. The van der Waals surface area contributed by atoms with Crippen molar-refractivity contribution >= 4 is 28.8 Å². The zero-order valence-electron chi connectivity index (χ0n) is 23.1. The zero-order chi connectivity index (χ0) is 31.0. The number of nitrogens with one attached hydrogen (secondary N) is 1. The third-order valence-corrected chi connectivity index (χ3v) is 7.15. The van der Waals surface area contributed by atoms with Gasteiger partial charge >= 0.3 is 17.3 Å². The first-order valence-electron chi connectivity index (χ1n) is 13.2. The fourth-order valence-electron chi connectivity index (χ4n) is 4.41. The molecule has 44 heavy (non-hydrogen) atoms. The molecular formula is C30H22F2N6O5S. The molecule has 0 saturated carbocycles. The molecule has 0 aliphatic carbocycles. The van der Waals surface area contributed by atoms with Crippen molar-refractivity contribution in [1.29, 1.82) is 0 Å². The molecule has 0 bridgehead atoms. The normalized spacial score (nSPS) is 11.2. The van der Waals surface area contributed by atoms with Crippen molar-refractivity contribution in [2.75, 3.05) is 5.32 Å². The molecule has 6 rings (SSSR count). The van der Waals surface area contributed by atoms with Crippen LogP contribution in [0.15, 0.2) is 94.4 Å². The van der Waals surface area contributed by atoms with Gasteiger partial charge in [0.2, 0.25) is 5.75 Å². The molecule has 0 saturated heterocycles. The molecule has 2 aromatic carbocycles. The standard InChI is InChI=1S/C30H22F2N6O5S/c1-17(2)36-15-27(28(39)38(30(36)41)22-6-3-20(31)4-7-22)43-29(40)35-21-5-8-25(23(32)12-21)42-26-11-18(19-13-34-44-16-19)14-37-24(26)9-10-33-37/h3-17H,1-2H3,(H,35,40). The van der Waals surface area contributed by atoms with E-state index in [4.69, 9.17) is 9.47 Å². The van der Waals surface area contributed by atoms with Gasteiger partial charge in [0.1, 0.15) is 11.3 Å². The molecule has 0 atom stereocenters. The maximum Gasteiger partial charge on any atom is 0.417 e. The van der Waals surface area contributed by atoms with E-state index in [-0.39, 0.29) is 17.1 Å². The number of fused-ring (bicyclic) bond motifs is 1. The van der Waals surface area contributed by atoms with E-state index in [0.29, 0.717) is 11.3 Å². The molecule has 0 fully saturated rings. The summed E-state index contributed by atoms with van der Waals surface area (Å²) in [6, 6.07) is 11.5. The molecule has 0 radical (unpaired) electrons. The fraction of sp³-hybridized carbons (Fsp3) is 0.100. The van der Waals surface area contributed by atoms with Gasteiger partial charge in [0.15, 0.2) is 17.3 Å². The molecule has 4 aromatic heterocycles.